The molecule has 1 aromatic rings. The fraction of sp³-hybridized carbons (Fsp3) is 0.588. The number of aromatic hydroxyl groups is 1. The summed E-state index contributed by atoms with van der Waals surface area (Å²) >= 11 is 3.42. The third-order valence-corrected chi connectivity index (χ3v) is 3.81. The van der Waals surface area contributed by atoms with Crippen LogP contribution in [0, 0.1) is 0 Å². The molecule has 0 fully saturated rings. The van der Waals surface area contributed by atoms with Crippen molar-refractivity contribution in [3.8, 4) is 5.75 Å². The van der Waals surface area contributed by atoms with Crippen LogP contribution in [0.3, 0.4) is 0 Å². The molecule has 0 aliphatic carbocycles. The highest BCUT2D eigenvalue weighted by molar-refractivity contribution is 9.10. The molecule has 0 bridgehead atoms. The molecular weight excluding hydrogens is 360 g/mol. The van der Waals surface area contributed by atoms with Crippen molar-refractivity contribution in [1.29, 1.82) is 0 Å². The minimum Gasteiger partial charge on any atom is -0.508 e. The average Bonchev–Trinajstić information content (AvgIpc) is 2.44. The van der Waals surface area contributed by atoms with Gasteiger partial charge in [-0.25, -0.2) is 4.79 Å². The first-order chi connectivity index (χ1) is 10.6. The predicted molar refractivity (Wildman–Crippen MR) is 95.7 cm³/mol. The number of carbonyl (C=O) groups is 1. The highest BCUT2D eigenvalue weighted by Crippen LogP contribution is 2.29. The van der Waals surface area contributed by atoms with Gasteiger partial charge in [-0.2, -0.15) is 0 Å². The first-order valence-electron chi connectivity index (χ1n) is 7.80. The molecule has 1 unspecified atom stereocenters. The lowest BCUT2D eigenvalue weighted by molar-refractivity contribution is 0.0299. The van der Waals surface area contributed by atoms with E-state index in [0.717, 1.165) is 16.5 Å². The Bertz CT molecular complexity index is 529. The minimum atomic E-state index is -0.493. The predicted octanol–water partition coefficient (Wildman–Crippen LogP) is 4.06. The summed E-state index contributed by atoms with van der Waals surface area (Å²) in [6, 6.07) is 5.42. The second kappa shape index (κ2) is 8.55. The number of rotatable bonds is 6. The Kier molecular flexibility index (Phi) is 7.35. The number of carbonyl (C=O) groups excluding carboxylic acids is 1. The van der Waals surface area contributed by atoms with Gasteiger partial charge in [0.2, 0.25) is 0 Å². The maximum atomic E-state index is 11.9. The van der Waals surface area contributed by atoms with Gasteiger partial charge in [-0.05, 0) is 45.4 Å². The summed E-state index contributed by atoms with van der Waals surface area (Å²) in [5, 5.41) is 13.4. The third-order valence-electron chi connectivity index (χ3n) is 3.32. The summed E-state index contributed by atoms with van der Waals surface area (Å²) in [6.45, 7) is 8.73. The number of likely N-dealkylation sites (N-methyl/N-ethyl adjacent to an activating group) is 1. The fourth-order valence-electron chi connectivity index (χ4n) is 2.12. The zero-order valence-electron chi connectivity index (χ0n) is 14.5. The summed E-state index contributed by atoms with van der Waals surface area (Å²) < 4.78 is 6.24. The SMILES string of the molecule is CCC(NCCN(C)C(=O)OC(C)(C)C)c1cc(Br)ccc1O. The van der Waals surface area contributed by atoms with Crippen LogP contribution in [0.15, 0.2) is 22.7 Å². The highest BCUT2D eigenvalue weighted by atomic mass is 79.9. The van der Waals surface area contributed by atoms with Gasteiger partial charge in [0.25, 0.3) is 0 Å². The van der Waals surface area contributed by atoms with Gasteiger partial charge in [-0.15, -0.1) is 0 Å². The Labute approximate surface area is 147 Å². The molecule has 130 valence electrons. The lowest BCUT2D eigenvalue weighted by Crippen LogP contribution is -2.38. The molecular formula is C17H27BrN2O3. The van der Waals surface area contributed by atoms with Gasteiger partial charge in [0.15, 0.2) is 0 Å². The second-order valence-corrected chi connectivity index (χ2v) is 7.44. The Morgan fingerprint density at radius 1 is 1.43 bits per heavy atom. The van der Waals surface area contributed by atoms with Crippen molar-refractivity contribution in [2.75, 3.05) is 20.1 Å². The third kappa shape index (κ3) is 6.79. The molecule has 0 saturated heterocycles. The normalized spacial score (nSPS) is 12.8. The number of nitrogens with zero attached hydrogens (tertiary/aromatic N) is 1. The number of halogens is 1. The van der Waals surface area contributed by atoms with Crippen LogP contribution in [0.1, 0.15) is 45.7 Å². The number of phenolic OH excluding ortho intramolecular Hbond substituents is 1. The molecule has 2 N–H and O–H groups in total. The molecule has 0 radical (unpaired) electrons. The monoisotopic (exact) mass is 386 g/mol. The van der Waals surface area contributed by atoms with Gasteiger partial charge >= 0.3 is 6.09 Å². The van der Waals surface area contributed by atoms with E-state index in [4.69, 9.17) is 4.74 Å². The minimum absolute atomic E-state index is 0.0273. The van der Waals surface area contributed by atoms with Gasteiger partial charge < -0.3 is 20.1 Å². The van der Waals surface area contributed by atoms with Crippen molar-refractivity contribution < 1.29 is 14.6 Å². The lowest BCUT2D eigenvalue weighted by Gasteiger charge is -2.25. The molecule has 0 heterocycles. The summed E-state index contributed by atoms with van der Waals surface area (Å²) in [7, 11) is 1.72. The Morgan fingerprint density at radius 2 is 2.09 bits per heavy atom. The van der Waals surface area contributed by atoms with Crippen molar-refractivity contribution in [3.63, 3.8) is 0 Å². The molecule has 6 heteroatoms. The van der Waals surface area contributed by atoms with E-state index in [1.807, 2.05) is 32.9 Å². The van der Waals surface area contributed by atoms with Crippen LogP contribution in [0.2, 0.25) is 0 Å². The van der Waals surface area contributed by atoms with E-state index >= 15 is 0 Å². The average molecular weight is 387 g/mol. The number of benzene rings is 1. The van der Waals surface area contributed by atoms with Crippen molar-refractivity contribution >= 4 is 22.0 Å². The molecule has 23 heavy (non-hydrogen) atoms. The molecule has 1 rings (SSSR count). The Balaban J connectivity index is 2.55. The van der Waals surface area contributed by atoms with Gasteiger partial charge in [0, 0.05) is 36.2 Å². The zero-order valence-corrected chi connectivity index (χ0v) is 16.1. The molecule has 0 aromatic heterocycles. The van der Waals surface area contributed by atoms with Gasteiger partial charge in [-0.3, -0.25) is 0 Å². The number of hydrogen-bond acceptors (Lipinski definition) is 4. The molecule has 1 amide bonds. The molecule has 1 aromatic carbocycles. The van der Waals surface area contributed by atoms with E-state index in [9.17, 15) is 9.90 Å². The highest BCUT2D eigenvalue weighted by Gasteiger charge is 2.20. The van der Waals surface area contributed by atoms with E-state index in [2.05, 4.69) is 28.2 Å². The van der Waals surface area contributed by atoms with Crippen LogP contribution in [-0.4, -0.2) is 41.8 Å². The summed E-state index contributed by atoms with van der Waals surface area (Å²) in [6.07, 6.45) is 0.498. The summed E-state index contributed by atoms with van der Waals surface area (Å²) in [5.41, 5.74) is 0.356. The molecule has 0 aliphatic heterocycles. The first-order valence-corrected chi connectivity index (χ1v) is 8.59. The van der Waals surface area contributed by atoms with Gasteiger partial charge in [0.1, 0.15) is 11.4 Å². The molecule has 0 saturated carbocycles. The quantitative estimate of drug-likeness (QED) is 0.773. The second-order valence-electron chi connectivity index (χ2n) is 6.52. The van der Waals surface area contributed by atoms with Crippen LogP contribution in [0.4, 0.5) is 4.79 Å². The number of hydrogen-bond donors (Lipinski definition) is 2. The fourth-order valence-corrected chi connectivity index (χ4v) is 2.50. The van der Waals surface area contributed by atoms with Crippen LogP contribution < -0.4 is 5.32 Å². The van der Waals surface area contributed by atoms with Crippen LogP contribution >= 0.6 is 15.9 Å². The smallest absolute Gasteiger partial charge is 0.410 e. The molecule has 0 spiro atoms. The maximum absolute atomic E-state index is 11.9. The van der Waals surface area contributed by atoms with Crippen molar-refractivity contribution in [2.45, 2.75) is 45.8 Å². The van der Waals surface area contributed by atoms with E-state index < -0.39 is 5.60 Å². The summed E-state index contributed by atoms with van der Waals surface area (Å²) in [4.78, 5) is 13.4. The summed E-state index contributed by atoms with van der Waals surface area (Å²) in [5.74, 6) is 0.271. The van der Waals surface area contributed by atoms with E-state index in [1.54, 1.807) is 18.0 Å². The van der Waals surface area contributed by atoms with E-state index in [-0.39, 0.29) is 17.9 Å². The van der Waals surface area contributed by atoms with Crippen molar-refractivity contribution in [3.05, 3.63) is 28.2 Å². The topological polar surface area (TPSA) is 61.8 Å². The Hall–Kier alpha value is -1.27. The number of ether oxygens (including phenoxy) is 1. The standard InChI is InChI=1S/C17H27BrN2O3/c1-6-14(13-11-12(18)7-8-15(13)21)19-9-10-20(5)16(22)23-17(2,3)4/h7-8,11,14,19,21H,6,9-10H2,1-5H3. The largest absolute Gasteiger partial charge is 0.508 e. The Morgan fingerprint density at radius 3 is 2.65 bits per heavy atom. The van der Waals surface area contributed by atoms with Gasteiger partial charge in [0.05, 0.1) is 0 Å². The number of nitrogens with one attached hydrogen (secondary N) is 1. The van der Waals surface area contributed by atoms with E-state index in [0.29, 0.717) is 13.1 Å². The van der Waals surface area contributed by atoms with Crippen molar-refractivity contribution in [1.82, 2.24) is 10.2 Å². The maximum Gasteiger partial charge on any atom is 0.410 e. The van der Waals surface area contributed by atoms with E-state index in [1.165, 1.54) is 0 Å². The lowest BCUT2D eigenvalue weighted by atomic mass is 10.0. The molecule has 1 atom stereocenters. The first kappa shape index (κ1) is 19.8. The number of phenols is 1. The zero-order chi connectivity index (χ0) is 17.6. The van der Waals surface area contributed by atoms with Crippen LogP contribution in [0.25, 0.3) is 0 Å². The molecule has 5 nitrogen and oxygen atoms in total. The number of amides is 1. The van der Waals surface area contributed by atoms with Gasteiger partial charge in [-0.1, -0.05) is 22.9 Å². The van der Waals surface area contributed by atoms with Crippen LogP contribution in [-0.2, 0) is 4.74 Å². The molecule has 0 aliphatic rings. The van der Waals surface area contributed by atoms with Crippen LogP contribution in [0.5, 0.6) is 5.75 Å². The van der Waals surface area contributed by atoms with Crippen molar-refractivity contribution in [2.24, 2.45) is 0 Å².